The van der Waals surface area contributed by atoms with Gasteiger partial charge in [-0.2, -0.15) is 0 Å². The summed E-state index contributed by atoms with van der Waals surface area (Å²) < 4.78 is 23.7. The van der Waals surface area contributed by atoms with Crippen molar-refractivity contribution in [2.24, 2.45) is 0 Å². The molecular weight excluding hydrogens is 924 g/mol. The third-order valence-corrected chi connectivity index (χ3v) is 14.3. The van der Waals surface area contributed by atoms with Gasteiger partial charge < -0.3 is 19.8 Å². The summed E-state index contributed by atoms with van der Waals surface area (Å²) in [7, 11) is 1.55. The molecule has 0 aliphatic rings. The number of unbranched alkanes of at least 4 members (excludes halogenated alkanes) is 30. The van der Waals surface area contributed by atoms with Crippen molar-refractivity contribution < 1.29 is 32.9 Å². The summed E-state index contributed by atoms with van der Waals surface area (Å²) in [6, 6.07) is -0.868. The Kier molecular flexibility index (Phi) is 52.7. The van der Waals surface area contributed by atoms with Crippen molar-refractivity contribution in [3.63, 3.8) is 0 Å². The van der Waals surface area contributed by atoms with Gasteiger partial charge in [0.05, 0.1) is 39.9 Å². The standard InChI is InChI=1S/C64H117N2O6P/c1-6-8-10-12-14-16-18-20-22-24-26-28-29-30-31-32-33-34-35-36-37-38-40-42-44-46-48-50-52-54-56-58-64(68)65-62(61-72-73(69,70)71-60-59-66(3,4)5)63(67)57-55-53-51-49-47-45-43-41-39-27-25-23-21-19-17-15-13-11-9-7-2/h8,10,14,16,20,22,26,28,30-31,47,49,55,57,62-63,67H,6-7,9,11-13,15,17-19,21,23-25,27,29,32-46,48,50-54,56,58-61H2,1-5H3,(H-,65,68,69,70)/p+1/b10-8-,16-14-,22-20-,28-26-,31-30-,49-47+,57-55+. The van der Waals surface area contributed by atoms with Crippen molar-refractivity contribution in [1.29, 1.82) is 0 Å². The lowest BCUT2D eigenvalue weighted by atomic mass is 10.0. The lowest BCUT2D eigenvalue weighted by molar-refractivity contribution is -0.870. The first-order valence-corrected chi connectivity index (χ1v) is 32.0. The molecule has 0 spiro atoms. The lowest BCUT2D eigenvalue weighted by Crippen LogP contribution is -2.45. The third kappa shape index (κ3) is 57.2. The average Bonchev–Trinajstić information content (AvgIpc) is 3.35. The largest absolute Gasteiger partial charge is 0.472 e. The summed E-state index contributed by atoms with van der Waals surface area (Å²) in [6.07, 6.45) is 77.0. The number of likely N-dealkylation sites (N-methyl/N-ethyl adjacent to an activating group) is 1. The topological polar surface area (TPSA) is 105 Å². The number of quaternary nitrogens is 1. The number of hydrogen-bond acceptors (Lipinski definition) is 5. The van der Waals surface area contributed by atoms with E-state index in [2.05, 4.69) is 92.1 Å². The molecule has 0 fully saturated rings. The molecule has 0 aromatic carbocycles. The monoisotopic (exact) mass is 1040 g/mol. The van der Waals surface area contributed by atoms with E-state index in [4.69, 9.17) is 9.05 Å². The number of carbonyl (C=O) groups is 1. The number of aliphatic hydroxyl groups is 1. The van der Waals surface area contributed by atoms with Gasteiger partial charge in [-0.05, 0) is 77.0 Å². The maximum Gasteiger partial charge on any atom is 0.472 e. The molecule has 0 saturated carbocycles. The summed E-state index contributed by atoms with van der Waals surface area (Å²) in [6.45, 7) is 4.70. The van der Waals surface area contributed by atoms with Crippen LogP contribution in [0.4, 0.5) is 0 Å². The van der Waals surface area contributed by atoms with Crippen molar-refractivity contribution in [2.45, 2.75) is 276 Å². The van der Waals surface area contributed by atoms with Gasteiger partial charge in [0.2, 0.25) is 5.91 Å². The van der Waals surface area contributed by atoms with E-state index in [0.29, 0.717) is 17.4 Å². The number of allylic oxidation sites excluding steroid dienone is 13. The fourth-order valence-corrected chi connectivity index (χ4v) is 9.35. The Morgan fingerprint density at radius 2 is 0.836 bits per heavy atom. The lowest BCUT2D eigenvalue weighted by Gasteiger charge is -2.25. The Labute approximate surface area is 452 Å². The van der Waals surface area contributed by atoms with Gasteiger partial charge in [-0.25, -0.2) is 4.57 Å². The SMILES string of the molecule is CC/C=C\C/C=C\C/C=C\C/C=C\C/C=C\CCCCCCCCCCCCCCCCCC(=O)NC(COP(=O)(O)OCC[N+](C)(C)C)C(O)/C=C/CC/C=C/CCCCCCCCCCCCCCCC. The Balaban J connectivity index is 4.17. The Morgan fingerprint density at radius 3 is 1.26 bits per heavy atom. The van der Waals surface area contributed by atoms with Crippen LogP contribution >= 0.6 is 7.82 Å². The molecule has 0 radical (unpaired) electrons. The average molecular weight is 1040 g/mol. The molecule has 424 valence electrons. The quantitative estimate of drug-likeness (QED) is 0.0243. The van der Waals surface area contributed by atoms with Crippen molar-refractivity contribution in [3.8, 4) is 0 Å². The summed E-state index contributed by atoms with van der Waals surface area (Å²) in [5.74, 6) is -0.187. The van der Waals surface area contributed by atoms with E-state index in [9.17, 15) is 19.4 Å². The van der Waals surface area contributed by atoms with Crippen molar-refractivity contribution >= 4 is 13.7 Å². The van der Waals surface area contributed by atoms with Crippen LogP contribution in [-0.4, -0.2) is 73.4 Å². The molecule has 0 aromatic heterocycles. The summed E-state index contributed by atoms with van der Waals surface area (Å²) >= 11 is 0. The minimum atomic E-state index is -4.36. The molecule has 0 heterocycles. The number of hydrogen-bond donors (Lipinski definition) is 3. The Morgan fingerprint density at radius 1 is 0.479 bits per heavy atom. The molecule has 3 unspecified atom stereocenters. The predicted octanol–water partition coefficient (Wildman–Crippen LogP) is 18.8. The second kappa shape index (κ2) is 54.5. The maximum absolute atomic E-state index is 13.0. The number of carbonyl (C=O) groups excluding carboxylic acids is 1. The molecule has 0 rings (SSSR count). The van der Waals surface area contributed by atoms with E-state index >= 15 is 0 Å². The zero-order chi connectivity index (χ0) is 53.5. The molecule has 0 aliphatic heterocycles. The van der Waals surface area contributed by atoms with Gasteiger partial charge in [0, 0.05) is 6.42 Å². The minimum Gasteiger partial charge on any atom is -0.387 e. The Hall–Kier alpha value is -2.32. The van der Waals surface area contributed by atoms with Gasteiger partial charge in [0.25, 0.3) is 0 Å². The van der Waals surface area contributed by atoms with Crippen LogP contribution in [-0.2, 0) is 18.4 Å². The first-order valence-electron chi connectivity index (χ1n) is 30.5. The van der Waals surface area contributed by atoms with E-state index in [-0.39, 0.29) is 19.1 Å². The second-order valence-corrected chi connectivity index (χ2v) is 23.1. The van der Waals surface area contributed by atoms with E-state index in [1.807, 2.05) is 27.2 Å². The number of aliphatic hydroxyl groups excluding tert-OH is 1. The van der Waals surface area contributed by atoms with Gasteiger partial charge in [-0.3, -0.25) is 13.8 Å². The van der Waals surface area contributed by atoms with Crippen molar-refractivity contribution in [2.75, 3.05) is 40.9 Å². The third-order valence-electron chi connectivity index (χ3n) is 13.3. The molecule has 73 heavy (non-hydrogen) atoms. The zero-order valence-electron chi connectivity index (χ0n) is 48.4. The minimum absolute atomic E-state index is 0.0539. The van der Waals surface area contributed by atoms with Crippen LogP contribution in [0.2, 0.25) is 0 Å². The number of nitrogens with one attached hydrogen (secondary N) is 1. The van der Waals surface area contributed by atoms with Crippen LogP contribution in [0.3, 0.4) is 0 Å². The van der Waals surface area contributed by atoms with Crippen LogP contribution in [0.25, 0.3) is 0 Å². The second-order valence-electron chi connectivity index (χ2n) is 21.7. The molecule has 8 nitrogen and oxygen atoms in total. The van der Waals surface area contributed by atoms with Crippen molar-refractivity contribution in [1.82, 2.24) is 5.32 Å². The zero-order valence-corrected chi connectivity index (χ0v) is 49.3. The van der Waals surface area contributed by atoms with Gasteiger partial charge in [0.15, 0.2) is 0 Å². The molecule has 0 aromatic rings. The predicted molar refractivity (Wildman–Crippen MR) is 318 cm³/mol. The fraction of sp³-hybridized carbons (Fsp3) is 0.766. The van der Waals surface area contributed by atoms with E-state index in [0.717, 1.165) is 70.6 Å². The molecule has 0 saturated heterocycles. The van der Waals surface area contributed by atoms with Crippen LogP contribution in [0.15, 0.2) is 85.1 Å². The van der Waals surface area contributed by atoms with Crippen LogP contribution in [0, 0.1) is 0 Å². The molecule has 0 bridgehead atoms. The molecule has 3 atom stereocenters. The summed E-state index contributed by atoms with van der Waals surface area (Å²) in [5.41, 5.74) is 0. The highest BCUT2D eigenvalue weighted by Gasteiger charge is 2.27. The molecule has 1 amide bonds. The number of phosphoric ester groups is 1. The first kappa shape index (κ1) is 70.7. The van der Waals surface area contributed by atoms with E-state index in [1.165, 1.54) is 173 Å². The molecule has 3 N–H and O–H groups in total. The van der Waals surface area contributed by atoms with Gasteiger partial charge in [-0.15, -0.1) is 0 Å². The van der Waals surface area contributed by atoms with Crippen LogP contribution < -0.4 is 5.32 Å². The Bertz CT molecular complexity index is 1460. The number of nitrogens with zero attached hydrogens (tertiary/aromatic N) is 1. The fourth-order valence-electron chi connectivity index (χ4n) is 8.62. The van der Waals surface area contributed by atoms with Gasteiger partial charge in [-0.1, -0.05) is 266 Å². The molecular formula is C64H118N2O6P+. The number of amides is 1. The number of phosphoric acid groups is 1. The van der Waals surface area contributed by atoms with Gasteiger partial charge in [0.1, 0.15) is 13.2 Å². The molecule has 0 aliphatic carbocycles. The summed E-state index contributed by atoms with van der Waals surface area (Å²) in [5, 5.41) is 13.9. The maximum atomic E-state index is 13.0. The van der Waals surface area contributed by atoms with Gasteiger partial charge >= 0.3 is 7.82 Å². The highest BCUT2D eigenvalue weighted by Crippen LogP contribution is 2.43. The van der Waals surface area contributed by atoms with Crippen LogP contribution in [0.1, 0.15) is 264 Å². The first-order chi connectivity index (χ1) is 35.5. The van der Waals surface area contributed by atoms with E-state index < -0.39 is 20.0 Å². The summed E-state index contributed by atoms with van der Waals surface area (Å²) in [4.78, 5) is 23.3. The van der Waals surface area contributed by atoms with Crippen LogP contribution in [0.5, 0.6) is 0 Å². The van der Waals surface area contributed by atoms with E-state index in [1.54, 1.807) is 6.08 Å². The normalized spacial score (nSPS) is 14.5. The van der Waals surface area contributed by atoms with Crippen molar-refractivity contribution in [3.05, 3.63) is 85.1 Å². The highest BCUT2D eigenvalue weighted by molar-refractivity contribution is 7.47. The highest BCUT2D eigenvalue weighted by atomic mass is 31.2. The smallest absolute Gasteiger partial charge is 0.387 e. The molecule has 9 heteroatoms. The number of rotatable bonds is 55.